The number of aliphatic imine (C=N–C) groups is 1. The minimum atomic E-state index is 0. The molecule has 0 radical (unpaired) electrons. The fourth-order valence-corrected chi connectivity index (χ4v) is 3.48. The second-order valence-electron chi connectivity index (χ2n) is 6.79. The van der Waals surface area contributed by atoms with Crippen LogP contribution in [0, 0.1) is 5.92 Å². The van der Waals surface area contributed by atoms with Crippen LogP contribution < -0.4 is 16.0 Å². The molecule has 1 aromatic carbocycles. The van der Waals surface area contributed by atoms with Gasteiger partial charge in [0.15, 0.2) is 5.96 Å². The molecule has 1 heterocycles. The minimum absolute atomic E-state index is 0. The molecule has 3 atom stereocenters. The average Bonchev–Trinajstić information content (AvgIpc) is 3.30. The number of amides is 1. The van der Waals surface area contributed by atoms with Gasteiger partial charge < -0.3 is 16.0 Å². The number of nitrogens with zero attached hydrogens (tertiary/aromatic N) is 1. The molecule has 6 heteroatoms. The number of fused-ring (bicyclic) bond motifs is 1. The maximum absolute atomic E-state index is 11.9. The first-order chi connectivity index (χ1) is 11.7. The summed E-state index contributed by atoms with van der Waals surface area (Å²) in [6.45, 7) is 5.79. The predicted molar refractivity (Wildman–Crippen MR) is 114 cm³/mol. The SMILES string of the molecule is CCCC1CC1NC(=NCC1CC(=O)Nc2ccccc21)NCC.I. The number of hydrogen-bond donors (Lipinski definition) is 3. The molecule has 138 valence electrons. The van der Waals surface area contributed by atoms with Crippen molar-refractivity contribution in [1.29, 1.82) is 0 Å². The normalized spacial score (nSPS) is 24.6. The van der Waals surface area contributed by atoms with Gasteiger partial charge in [0.05, 0.1) is 6.54 Å². The van der Waals surface area contributed by atoms with Crippen LogP contribution in [-0.4, -0.2) is 31.0 Å². The summed E-state index contributed by atoms with van der Waals surface area (Å²) < 4.78 is 0. The standard InChI is InChI=1S/C19H28N4O.HI/c1-3-7-13-10-17(13)23-19(20-4-2)21-12-14-11-18(24)22-16-9-6-5-8-15(14)16;/h5-6,8-9,13-14,17H,3-4,7,10-12H2,1-2H3,(H,22,24)(H2,20,21,23);1H. The van der Waals surface area contributed by atoms with Gasteiger partial charge in [0.1, 0.15) is 0 Å². The molecule has 0 saturated heterocycles. The van der Waals surface area contributed by atoms with Gasteiger partial charge in [-0.15, -0.1) is 24.0 Å². The van der Waals surface area contributed by atoms with E-state index in [1.807, 2.05) is 18.2 Å². The van der Waals surface area contributed by atoms with E-state index in [4.69, 9.17) is 4.99 Å². The van der Waals surface area contributed by atoms with Crippen molar-refractivity contribution in [2.75, 3.05) is 18.4 Å². The van der Waals surface area contributed by atoms with Crippen molar-refractivity contribution in [2.45, 2.75) is 51.5 Å². The molecule has 1 aliphatic heterocycles. The first-order valence-corrected chi connectivity index (χ1v) is 9.14. The maximum Gasteiger partial charge on any atom is 0.225 e. The largest absolute Gasteiger partial charge is 0.357 e. The summed E-state index contributed by atoms with van der Waals surface area (Å²) in [7, 11) is 0. The summed E-state index contributed by atoms with van der Waals surface area (Å²) in [5.41, 5.74) is 2.11. The van der Waals surface area contributed by atoms with Crippen LogP contribution in [-0.2, 0) is 4.79 Å². The van der Waals surface area contributed by atoms with Gasteiger partial charge in [0.2, 0.25) is 5.91 Å². The summed E-state index contributed by atoms with van der Waals surface area (Å²) in [4.78, 5) is 16.7. The fraction of sp³-hybridized carbons (Fsp3) is 0.579. The number of nitrogens with one attached hydrogen (secondary N) is 3. The lowest BCUT2D eigenvalue weighted by molar-refractivity contribution is -0.116. The monoisotopic (exact) mass is 456 g/mol. The van der Waals surface area contributed by atoms with Crippen molar-refractivity contribution in [3.05, 3.63) is 29.8 Å². The third kappa shape index (κ3) is 5.33. The van der Waals surface area contributed by atoms with Gasteiger partial charge in [-0.05, 0) is 37.3 Å². The fourth-order valence-electron chi connectivity index (χ4n) is 3.48. The van der Waals surface area contributed by atoms with Gasteiger partial charge >= 0.3 is 0 Å². The van der Waals surface area contributed by atoms with E-state index in [0.717, 1.165) is 24.1 Å². The number of benzene rings is 1. The molecule has 0 bridgehead atoms. The lowest BCUT2D eigenvalue weighted by atomic mass is 9.91. The van der Waals surface area contributed by atoms with Crippen molar-refractivity contribution in [3.8, 4) is 0 Å². The van der Waals surface area contributed by atoms with E-state index in [9.17, 15) is 4.79 Å². The van der Waals surface area contributed by atoms with Crippen molar-refractivity contribution in [2.24, 2.45) is 10.9 Å². The molecule has 1 amide bonds. The van der Waals surface area contributed by atoms with Gasteiger partial charge in [-0.1, -0.05) is 31.5 Å². The van der Waals surface area contributed by atoms with Crippen LogP contribution in [0.25, 0.3) is 0 Å². The Balaban J connectivity index is 0.00000225. The second kappa shape index (κ2) is 9.40. The number of carbonyl (C=O) groups excluding carboxylic acids is 1. The Morgan fingerprint density at radius 1 is 1.32 bits per heavy atom. The summed E-state index contributed by atoms with van der Waals surface area (Å²) in [5, 5.41) is 9.82. The number of guanidine groups is 1. The van der Waals surface area contributed by atoms with E-state index in [1.54, 1.807) is 0 Å². The Morgan fingerprint density at radius 2 is 2.12 bits per heavy atom. The van der Waals surface area contributed by atoms with Gasteiger partial charge in [-0.25, -0.2) is 0 Å². The zero-order chi connectivity index (χ0) is 16.9. The van der Waals surface area contributed by atoms with E-state index in [1.165, 1.54) is 24.8 Å². The summed E-state index contributed by atoms with van der Waals surface area (Å²) in [6.07, 6.45) is 4.27. The molecule has 2 aliphatic rings. The van der Waals surface area contributed by atoms with Crippen LogP contribution >= 0.6 is 24.0 Å². The first kappa shape index (κ1) is 20.0. The smallest absolute Gasteiger partial charge is 0.225 e. The van der Waals surface area contributed by atoms with Crippen molar-refractivity contribution >= 4 is 41.5 Å². The van der Waals surface area contributed by atoms with E-state index in [0.29, 0.717) is 19.0 Å². The highest BCUT2D eigenvalue weighted by Crippen LogP contribution is 2.35. The molecule has 1 fully saturated rings. The molecule has 0 aromatic heterocycles. The minimum Gasteiger partial charge on any atom is -0.357 e. The van der Waals surface area contributed by atoms with Crippen LogP contribution in [0.4, 0.5) is 5.69 Å². The van der Waals surface area contributed by atoms with Gasteiger partial charge in [-0.2, -0.15) is 0 Å². The number of anilines is 1. The summed E-state index contributed by atoms with van der Waals surface area (Å²) in [5.74, 6) is 1.90. The number of halogens is 1. The molecule has 1 saturated carbocycles. The quantitative estimate of drug-likeness (QED) is 0.349. The molecule has 3 rings (SSSR count). The number of carbonyl (C=O) groups is 1. The lowest BCUT2D eigenvalue weighted by Gasteiger charge is -2.24. The molecular weight excluding hydrogens is 427 g/mol. The Bertz CT molecular complexity index is 619. The van der Waals surface area contributed by atoms with Crippen LogP contribution in [0.1, 0.15) is 51.0 Å². The third-order valence-electron chi connectivity index (χ3n) is 4.82. The third-order valence-corrected chi connectivity index (χ3v) is 4.82. The first-order valence-electron chi connectivity index (χ1n) is 9.14. The number of rotatable bonds is 6. The van der Waals surface area contributed by atoms with Gasteiger partial charge in [0.25, 0.3) is 0 Å². The maximum atomic E-state index is 11.9. The van der Waals surface area contributed by atoms with Crippen molar-refractivity contribution in [3.63, 3.8) is 0 Å². The molecule has 1 aliphatic carbocycles. The summed E-state index contributed by atoms with van der Waals surface area (Å²) in [6, 6.07) is 8.59. The van der Waals surface area contributed by atoms with Crippen LogP contribution in [0.3, 0.4) is 0 Å². The molecule has 1 aromatic rings. The zero-order valence-electron chi connectivity index (χ0n) is 15.0. The highest BCUT2D eigenvalue weighted by Gasteiger charge is 2.36. The highest BCUT2D eigenvalue weighted by atomic mass is 127. The zero-order valence-corrected chi connectivity index (χ0v) is 17.4. The van der Waals surface area contributed by atoms with E-state index >= 15 is 0 Å². The topological polar surface area (TPSA) is 65.5 Å². The van der Waals surface area contributed by atoms with Gasteiger partial charge in [-0.3, -0.25) is 9.79 Å². The highest BCUT2D eigenvalue weighted by molar-refractivity contribution is 14.0. The number of hydrogen-bond acceptors (Lipinski definition) is 2. The Morgan fingerprint density at radius 3 is 2.88 bits per heavy atom. The van der Waals surface area contributed by atoms with Gasteiger partial charge in [0, 0.05) is 30.6 Å². The van der Waals surface area contributed by atoms with Crippen molar-refractivity contribution in [1.82, 2.24) is 10.6 Å². The van der Waals surface area contributed by atoms with E-state index in [2.05, 4.69) is 35.9 Å². The number of para-hydroxylation sites is 1. The molecule has 25 heavy (non-hydrogen) atoms. The second-order valence-corrected chi connectivity index (χ2v) is 6.79. The Kier molecular flexibility index (Phi) is 7.53. The van der Waals surface area contributed by atoms with E-state index in [-0.39, 0.29) is 35.8 Å². The Hall–Kier alpha value is -1.31. The molecule has 5 nitrogen and oxygen atoms in total. The molecular formula is C19H29IN4O. The molecule has 3 unspecified atom stereocenters. The van der Waals surface area contributed by atoms with Crippen LogP contribution in [0.15, 0.2) is 29.3 Å². The molecule has 3 N–H and O–H groups in total. The van der Waals surface area contributed by atoms with Crippen LogP contribution in [0.2, 0.25) is 0 Å². The lowest BCUT2D eigenvalue weighted by Crippen LogP contribution is -2.39. The average molecular weight is 456 g/mol. The van der Waals surface area contributed by atoms with Crippen LogP contribution in [0.5, 0.6) is 0 Å². The molecule has 0 spiro atoms. The Labute approximate surface area is 167 Å². The van der Waals surface area contributed by atoms with Crippen molar-refractivity contribution < 1.29 is 4.79 Å². The van der Waals surface area contributed by atoms with E-state index < -0.39 is 0 Å². The predicted octanol–water partition coefficient (Wildman–Crippen LogP) is 3.47. The summed E-state index contributed by atoms with van der Waals surface area (Å²) >= 11 is 0.